The predicted octanol–water partition coefficient (Wildman–Crippen LogP) is 5.44. The van der Waals surface area contributed by atoms with Gasteiger partial charge in [-0.05, 0) is 55.7 Å². The van der Waals surface area contributed by atoms with Crippen molar-refractivity contribution in [3.63, 3.8) is 0 Å². The van der Waals surface area contributed by atoms with E-state index in [2.05, 4.69) is 24.4 Å². The van der Waals surface area contributed by atoms with Gasteiger partial charge in [0.2, 0.25) is 0 Å². The molecule has 0 bridgehead atoms. The zero-order valence-electron chi connectivity index (χ0n) is 12.2. The molecule has 2 aromatic carbocycles. The number of ether oxygens (including phenoxy) is 1. The minimum Gasteiger partial charge on any atom is -0.497 e. The number of benzene rings is 2. The number of rotatable bonds is 6. The van der Waals surface area contributed by atoms with Crippen molar-refractivity contribution < 1.29 is 4.74 Å². The van der Waals surface area contributed by atoms with Crippen LogP contribution in [-0.4, -0.2) is 13.2 Å². The molecule has 0 saturated heterocycles. The summed E-state index contributed by atoms with van der Waals surface area (Å²) in [5, 5.41) is 4.71. The first kappa shape index (κ1) is 16.0. The second-order valence-corrected chi connectivity index (χ2v) is 5.96. The SMILES string of the molecule is COc1ccc(CCC(C)Nc2cc(Cl)cc(Cl)c2)cc1. The molecule has 0 amide bonds. The van der Waals surface area contributed by atoms with Crippen molar-refractivity contribution in [2.45, 2.75) is 25.8 Å². The summed E-state index contributed by atoms with van der Waals surface area (Å²) in [7, 11) is 1.68. The zero-order chi connectivity index (χ0) is 15.2. The molecule has 1 unspecified atom stereocenters. The molecule has 2 nitrogen and oxygen atoms in total. The molecule has 0 spiro atoms. The lowest BCUT2D eigenvalue weighted by molar-refractivity contribution is 0.414. The van der Waals surface area contributed by atoms with Crippen molar-refractivity contribution >= 4 is 28.9 Å². The molecule has 0 aliphatic rings. The second-order valence-electron chi connectivity index (χ2n) is 5.09. The van der Waals surface area contributed by atoms with Crippen molar-refractivity contribution in [2.75, 3.05) is 12.4 Å². The Morgan fingerprint density at radius 3 is 2.24 bits per heavy atom. The van der Waals surface area contributed by atoms with Crippen molar-refractivity contribution in [3.8, 4) is 5.75 Å². The monoisotopic (exact) mass is 323 g/mol. The average molecular weight is 324 g/mol. The van der Waals surface area contributed by atoms with Crippen LogP contribution in [0.1, 0.15) is 18.9 Å². The van der Waals surface area contributed by atoms with Crippen LogP contribution in [0.15, 0.2) is 42.5 Å². The first-order valence-corrected chi connectivity index (χ1v) is 7.68. The van der Waals surface area contributed by atoms with E-state index < -0.39 is 0 Å². The standard InChI is InChI=1S/C17H19Cl2NO/c1-12(20-16-10-14(18)9-15(19)11-16)3-4-13-5-7-17(21-2)8-6-13/h5-12,20H,3-4H2,1-2H3. The third-order valence-electron chi connectivity index (χ3n) is 3.30. The summed E-state index contributed by atoms with van der Waals surface area (Å²) in [4.78, 5) is 0. The predicted molar refractivity (Wildman–Crippen MR) is 90.9 cm³/mol. The van der Waals surface area contributed by atoms with Crippen molar-refractivity contribution in [1.29, 1.82) is 0 Å². The van der Waals surface area contributed by atoms with Gasteiger partial charge in [-0.25, -0.2) is 0 Å². The molecule has 0 aromatic heterocycles. The number of anilines is 1. The van der Waals surface area contributed by atoms with Crippen LogP contribution in [0.4, 0.5) is 5.69 Å². The van der Waals surface area contributed by atoms with Gasteiger partial charge in [0.15, 0.2) is 0 Å². The van der Waals surface area contributed by atoms with Gasteiger partial charge in [0.25, 0.3) is 0 Å². The minimum absolute atomic E-state index is 0.335. The van der Waals surface area contributed by atoms with Crippen LogP contribution in [0.5, 0.6) is 5.75 Å². The summed E-state index contributed by atoms with van der Waals surface area (Å²) in [6, 6.07) is 14.0. The van der Waals surface area contributed by atoms with Gasteiger partial charge < -0.3 is 10.1 Å². The number of hydrogen-bond donors (Lipinski definition) is 1. The third kappa shape index (κ3) is 5.14. The molecule has 0 radical (unpaired) electrons. The quantitative estimate of drug-likeness (QED) is 0.764. The fraction of sp³-hybridized carbons (Fsp3) is 0.294. The van der Waals surface area contributed by atoms with E-state index in [9.17, 15) is 0 Å². The van der Waals surface area contributed by atoms with E-state index in [1.807, 2.05) is 24.3 Å². The Hall–Kier alpha value is -1.38. The molecule has 112 valence electrons. The first-order valence-electron chi connectivity index (χ1n) is 6.92. The summed E-state index contributed by atoms with van der Waals surface area (Å²) in [6.45, 7) is 2.15. The summed E-state index contributed by atoms with van der Waals surface area (Å²) in [6.07, 6.45) is 2.03. The molecule has 0 fully saturated rings. The largest absolute Gasteiger partial charge is 0.497 e. The van der Waals surface area contributed by atoms with E-state index in [-0.39, 0.29) is 0 Å². The third-order valence-corrected chi connectivity index (χ3v) is 3.74. The summed E-state index contributed by atoms with van der Waals surface area (Å²) >= 11 is 12.0. The molecule has 1 atom stereocenters. The van der Waals surface area contributed by atoms with Gasteiger partial charge in [-0.15, -0.1) is 0 Å². The second kappa shape index (κ2) is 7.58. The molecular weight excluding hydrogens is 305 g/mol. The van der Waals surface area contributed by atoms with Crippen LogP contribution in [0.3, 0.4) is 0 Å². The first-order chi connectivity index (χ1) is 10.1. The van der Waals surface area contributed by atoms with E-state index in [0.29, 0.717) is 16.1 Å². The molecule has 4 heteroatoms. The van der Waals surface area contributed by atoms with Crippen LogP contribution in [0.25, 0.3) is 0 Å². The lowest BCUT2D eigenvalue weighted by atomic mass is 10.1. The summed E-state index contributed by atoms with van der Waals surface area (Å²) < 4.78 is 5.16. The van der Waals surface area contributed by atoms with Gasteiger partial charge in [0, 0.05) is 21.8 Å². The highest BCUT2D eigenvalue weighted by Crippen LogP contribution is 2.23. The molecule has 0 heterocycles. The maximum absolute atomic E-state index is 6.00. The number of hydrogen-bond acceptors (Lipinski definition) is 2. The highest BCUT2D eigenvalue weighted by atomic mass is 35.5. The molecule has 2 aromatic rings. The molecular formula is C17H19Cl2NO. The van der Waals surface area contributed by atoms with Gasteiger partial charge in [-0.2, -0.15) is 0 Å². The Labute approximate surface area is 136 Å². The Morgan fingerprint density at radius 1 is 1.05 bits per heavy atom. The Balaban J connectivity index is 1.87. The van der Waals surface area contributed by atoms with E-state index in [0.717, 1.165) is 24.3 Å². The lowest BCUT2D eigenvalue weighted by Gasteiger charge is -2.16. The number of nitrogens with one attached hydrogen (secondary N) is 1. The van der Waals surface area contributed by atoms with E-state index in [1.165, 1.54) is 5.56 Å². The number of halogens is 2. The fourth-order valence-corrected chi connectivity index (χ4v) is 2.70. The topological polar surface area (TPSA) is 21.3 Å². The van der Waals surface area contributed by atoms with Crippen LogP contribution < -0.4 is 10.1 Å². The summed E-state index contributed by atoms with van der Waals surface area (Å²) in [5.41, 5.74) is 2.25. The van der Waals surface area contributed by atoms with Gasteiger partial charge in [0.05, 0.1) is 7.11 Å². The van der Waals surface area contributed by atoms with E-state index in [1.54, 1.807) is 13.2 Å². The van der Waals surface area contributed by atoms with Crippen molar-refractivity contribution in [2.24, 2.45) is 0 Å². The molecule has 0 saturated carbocycles. The molecule has 1 N–H and O–H groups in total. The molecule has 21 heavy (non-hydrogen) atoms. The molecule has 0 aliphatic heterocycles. The van der Waals surface area contributed by atoms with Crippen molar-refractivity contribution in [3.05, 3.63) is 58.1 Å². The van der Waals surface area contributed by atoms with E-state index >= 15 is 0 Å². The highest BCUT2D eigenvalue weighted by Gasteiger charge is 2.05. The van der Waals surface area contributed by atoms with Gasteiger partial charge >= 0.3 is 0 Å². The zero-order valence-corrected chi connectivity index (χ0v) is 13.7. The number of methoxy groups -OCH3 is 1. The van der Waals surface area contributed by atoms with Crippen LogP contribution in [0, 0.1) is 0 Å². The maximum Gasteiger partial charge on any atom is 0.118 e. The van der Waals surface area contributed by atoms with Crippen LogP contribution in [0.2, 0.25) is 10.0 Å². The van der Waals surface area contributed by atoms with Gasteiger partial charge in [-0.1, -0.05) is 35.3 Å². The molecule has 0 aliphatic carbocycles. The fourth-order valence-electron chi connectivity index (χ4n) is 2.17. The normalized spacial score (nSPS) is 12.0. The van der Waals surface area contributed by atoms with Crippen LogP contribution >= 0.6 is 23.2 Å². The van der Waals surface area contributed by atoms with Crippen molar-refractivity contribution in [1.82, 2.24) is 0 Å². The highest BCUT2D eigenvalue weighted by molar-refractivity contribution is 6.35. The van der Waals surface area contributed by atoms with Crippen LogP contribution in [-0.2, 0) is 6.42 Å². The number of aryl methyl sites for hydroxylation is 1. The Kier molecular flexibility index (Phi) is 5.77. The van der Waals surface area contributed by atoms with Gasteiger partial charge in [0.1, 0.15) is 5.75 Å². The van der Waals surface area contributed by atoms with Gasteiger partial charge in [-0.3, -0.25) is 0 Å². The maximum atomic E-state index is 6.00. The lowest BCUT2D eigenvalue weighted by Crippen LogP contribution is -2.15. The average Bonchev–Trinajstić information content (AvgIpc) is 2.44. The van der Waals surface area contributed by atoms with E-state index in [4.69, 9.17) is 27.9 Å². The Morgan fingerprint density at radius 2 is 1.67 bits per heavy atom. The Bertz CT molecular complexity index is 564. The summed E-state index contributed by atoms with van der Waals surface area (Å²) in [5.74, 6) is 0.887. The molecule has 2 rings (SSSR count). The minimum atomic E-state index is 0.335. The smallest absolute Gasteiger partial charge is 0.118 e.